The number of hydrogen-bond acceptors (Lipinski definition) is 4. The second kappa shape index (κ2) is 6.04. The van der Waals surface area contributed by atoms with Crippen LogP contribution in [0.2, 0.25) is 0 Å². The zero-order valence-electron chi connectivity index (χ0n) is 12.6. The van der Waals surface area contributed by atoms with E-state index in [2.05, 4.69) is 10.6 Å². The van der Waals surface area contributed by atoms with Crippen LogP contribution >= 0.6 is 0 Å². The molecule has 2 aliphatic heterocycles. The number of benzene rings is 1. The van der Waals surface area contributed by atoms with Crippen LogP contribution in [0, 0.1) is 12.7 Å². The summed E-state index contributed by atoms with van der Waals surface area (Å²) in [7, 11) is 0. The van der Waals surface area contributed by atoms with Gasteiger partial charge in [0.2, 0.25) is 11.8 Å². The molecule has 0 radical (unpaired) electrons. The fourth-order valence-corrected chi connectivity index (χ4v) is 3.20. The molecule has 2 aliphatic rings. The van der Waals surface area contributed by atoms with E-state index in [4.69, 9.17) is 0 Å². The van der Waals surface area contributed by atoms with Crippen molar-refractivity contribution in [1.29, 1.82) is 0 Å². The van der Waals surface area contributed by atoms with Gasteiger partial charge >= 0.3 is 0 Å². The Morgan fingerprint density at radius 2 is 1.95 bits per heavy atom. The number of nitrogens with one attached hydrogen (secondary N) is 2. The number of carbonyl (C=O) groups is 2. The van der Waals surface area contributed by atoms with Gasteiger partial charge in [0.05, 0.1) is 11.6 Å². The molecule has 118 valence electrons. The molecule has 0 bridgehead atoms. The van der Waals surface area contributed by atoms with E-state index in [9.17, 15) is 14.0 Å². The van der Waals surface area contributed by atoms with Gasteiger partial charge < -0.3 is 10.2 Å². The summed E-state index contributed by atoms with van der Waals surface area (Å²) in [6.07, 6.45) is 0.745. The molecule has 2 fully saturated rings. The van der Waals surface area contributed by atoms with Gasteiger partial charge in [-0.3, -0.25) is 14.9 Å². The fourth-order valence-electron chi connectivity index (χ4n) is 3.20. The number of rotatable bonds is 2. The van der Waals surface area contributed by atoms with Crippen LogP contribution in [0.3, 0.4) is 0 Å². The summed E-state index contributed by atoms with van der Waals surface area (Å²) in [5.74, 6) is -1.28. The van der Waals surface area contributed by atoms with Gasteiger partial charge in [-0.05, 0) is 30.5 Å². The van der Waals surface area contributed by atoms with E-state index in [0.717, 1.165) is 26.2 Å². The number of piperidine rings is 1. The maximum absolute atomic E-state index is 14.7. The number of amides is 2. The molecule has 0 aliphatic carbocycles. The summed E-state index contributed by atoms with van der Waals surface area (Å²) in [6, 6.07) is 3.59. The van der Waals surface area contributed by atoms with Gasteiger partial charge in [-0.1, -0.05) is 6.07 Å². The van der Waals surface area contributed by atoms with Crippen LogP contribution in [-0.4, -0.2) is 38.0 Å². The van der Waals surface area contributed by atoms with Gasteiger partial charge in [-0.15, -0.1) is 0 Å². The molecule has 1 aromatic rings. The summed E-state index contributed by atoms with van der Waals surface area (Å²) in [5.41, 5.74) is 1.78. The topological polar surface area (TPSA) is 61.4 Å². The van der Waals surface area contributed by atoms with Gasteiger partial charge in [-0.25, -0.2) is 4.39 Å². The Kier molecular flexibility index (Phi) is 4.11. The SMILES string of the molecule is Cc1c(C2CCC(=O)NC2=O)ccc(N2CCNCC2)c1F. The normalized spacial score (nSPS) is 22.6. The highest BCUT2D eigenvalue weighted by atomic mass is 19.1. The molecule has 1 atom stereocenters. The van der Waals surface area contributed by atoms with Crippen molar-refractivity contribution in [3.05, 3.63) is 29.1 Å². The largest absolute Gasteiger partial charge is 0.367 e. The second-order valence-corrected chi connectivity index (χ2v) is 5.85. The minimum Gasteiger partial charge on any atom is -0.367 e. The van der Waals surface area contributed by atoms with Crippen LogP contribution in [-0.2, 0) is 9.59 Å². The maximum Gasteiger partial charge on any atom is 0.234 e. The first kappa shape index (κ1) is 15.0. The molecule has 6 heteroatoms. The van der Waals surface area contributed by atoms with Crippen LogP contribution in [0.4, 0.5) is 10.1 Å². The lowest BCUT2D eigenvalue weighted by atomic mass is 9.87. The monoisotopic (exact) mass is 305 g/mol. The quantitative estimate of drug-likeness (QED) is 0.802. The average Bonchev–Trinajstić information content (AvgIpc) is 2.52. The van der Waals surface area contributed by atoms with E-state index in [1.165, 1.54) is 0 Å². The van der Waals surface area contributed by atoms with Gasteiger partial charge in [0.1, 0.15) is 5.82 Å². The Balaban J connectivity index is 1.89. The molecular formula is C16H20FN3O2. The Labute approximate surface area is 128 Å². The summed E-state index contributed by atoms with van der Waals surface area (Å²) < 4.78 is 14.7. The highest BCUT2D eigenvalue weighted by molar-refractivity contribution is 6.01. The summed E-state index contributed by atoms with van der Waals surface area (Å²) in [6.45, 7) is 4.93. The zero-order chi connectivity index (χ0) is 15.7. The van der Waals surface area contributed by atoms with Crippen molar-refractivity contribution in [2.45, 2.75) is 25.7 Å². The van der Waals surface area contributed by atoms with Gasteiger partial charge in [0, 0.05) is 32.6 Å². The molecule has 0 aromatic heterocycles. The van der Waals surface area contributed by atoms with Crippen molar-refractivity contribution in [2.24, 2.45) is 0 Å². The lowest BCUT2D eigenvalue weighted by Gasteiger charge is -2.31. The average molecular weight is 305 g/mol. The predicted octanol–water partition coefficient (Wildman–Crippen LogP) is 1.06. The maximum atomic E-state index is 14.7. The van der Waals surface area contributed by atoms with Crippen molar-refractivity contribution < 1.29 is 14.0 Å². The van der Waals surface area contributed by atoms with Gasteiger partial charge in [-0.2, -0.15) is 0 Å². The number of carbonyl (C=O) groups excluding carboxylic acids is 2. The van der Waals surface area contributed by atoms with Crippen molar-refractivity contribution in [3.63, 3.8) is 0 Å². The van der Waals surface area contributed by atoms with E-state index in [1.807, 2.05) is 11.0 Å². The Morgan fingerprint density at radius 3 is 2.64 bits per heavy atom. The first-order valence-electron chi connectivity index (χ1n) is 7.66. The Bertz CT molecular complexity index is 612. The highest BCUT2D eigenvalue weighted by Crippen LogP contribution is 2.32. The third-order valence-corrected chi connectivity index (χ3v) is 4.48. The predicted molar refractivity (Wildman–Crippen MR) is 81.3 cm³/mol. The molecule has 0 saturated carbocycles. The van der Waals surface area contributed by atoms with E-state index < -0.39 is 5.92 Å². The van der Waals surface area contributed by atoms with E-state index >= 15 is 0 Å². The number of imide groups is 1. The van der Waals surface area contributed by atoms with E-state index in [1.54, 1.807) is 13.0 Å². The molecule has 22 heavy (non-hydrogen) atoms. The minimum atomic E-state index is -0.440. The number of halogens is 1. The molecule has 1 aromatic carbocycles. The van der Waals surface area contributed by atoms with Crippen molar-refractivity contribution in [1.82, 2.24) is 10.6 Å². The highest BCUT2D eigenvalue weighted by Gasteiger charge is 2.30. The fraction of sp³-hybridized carbons (Fsp3) is 0.500. The van der Waals surface area contributed by atoms with Gasteiger partial charge in [0.25, 0.3) is 0 Å². The number of nitrogens with zero attached hydrogens (tertiary/aromatic N) is 1. The van der Waals surface area contributed by atoms with Crippen molar-refractivity contribution in [2.75, 3.05) is 31.1 Å². The lowest BCUT2D eigenvalue weighted by Crippen LogP contribution is -2.44. The van der Waals surface area contributed by atoms with E-state index in [-0.39, 0.29) is 17.6 Å². The zero-order valence-corrected chi connectivity index (χ0v) is 12.6. The summed E-state index contributed by atoms with van der Waals surface area (Å²) in [4.78, 5) is 25.2. The lowest BCUT2D eigenvalue weighted by molar-refractivity contribution is -0.134. The van der Waals surface area contributed by atoms with Gasteiger partial charge in [0.15, 0.2) is 0 Å². The molecule has 2 N–H and O–H groups in total. The first-order chi connectivity index (χ1) is 10.6. The van der Waals surface area contributed by atoms with Crippen molar-refractivity contribution >= 4 is 17.5 Å². The summed E-state index contributed by atoms with van der Waals surface area (Å²) in [5, 5.41) is 5.58. The van der Waals surface area contributed by atoms with E-state index in [0.29, 0.717) is 29.7 Å². The molecule has 0 spiro atoms. The molecule has 1 unspecified atom stereocenters. The first-order valence-corrected chi connectivity index (χ1v) is 7.66. The number of piperazine rings is 1. The molecular weight excluding hydrogens is 285 g/mol. The molecule has 3 rings (SSSR count). The Morgan fingerprint density at radius 1 is 1.23 bits per heavy atom. The molecule has 2 heterocycles. The summed E-state index contributed by atoms with van der Waals surface area (Å²) >= 11 is 0. The number of anilines is 1. The standard InChI is InChI=1S/C16H20FN3O2/c1-10-11(12-3-5-14(21)19-16(12)22)2-4-13(15(10)17)20-8-6-18-7-9-20/h2,4,12,18H,3,5-9H2,1H3,(H,19,21,22). The van der Waals surface area contributed by atoms with Crippen LogP contribution < -0.4 is 15.5 Å². The third kappa shape index (κ3) is 2.70. The van der Waals surface area contributed by atoms with Crippen LogP contribution in [0.15, 0.2) is 12.1 Å². The molecule has 2 amide bonds. The van der Waals surface area contributed by atoms with Crippen LogP contribution in [0.25, 0.3) is 0 Å². The Hall–Kier alpha value is -1.95. The minimum absolute atomic E-state index is 0.253. The second-order valence-electron chi connectivity index (χ2n) is 5.85. The van der Waals surface area contributed by atoms with Crippen LogP contribution in [0.5, 0.6) is 0 Å². The number of hydrogen-bond donors (Lipinski definition) is 2. The smallest absolute Gasteiger partial charge is 0.234 e. The third-order valence-electron chi connectivity index (χ3n) is 4.48. The van der Waals surface area contributed by atoms with Crippen molar-refractivity contribution in [3.8, 4) is 0 Å². The van der Waals surface area contributed by atoms with Crippen LogP contribution in [0.1, 0.15) is 29.9 Å². The molecule has 2 saturated heterocycles. The molecule has 5 nitrogen and oxygen atoms in total.